The molecular weight excluding hydrogens is 360 g/mol. The zero-order chi connectivity index (χ0) is 16.0. The highest BCUT2D eigenvalue weighted by atomic mass is 79.9. The summed E-state index contributed by atoms with van der Waals surface area (Å²) in [6, 6.07) is 9.43. The second kappa shape index (κ2) is 5.17. The van der Waals surface area contributed by atoms with Gasteiger partial charge < -0.3 is 4.57 Å². The number of imidazole rings is 1. The van der Waals surface area contributed by atoms with E-state index in [1.54, 1.807) is 23.0 Å². The average Bonchev–Trinajstić information content (AvgIpc) is 3.07. The number of carbonyl (C=O) groups excluding carboxylic acids is 1. The van der Waals surface area contributed by atoms with Crippen molar-refractivity contribution in [2.24, 2.45) is 7.05 Å². The van der Waals surface area contributed by atoms with E-state index in [1.165, 1.54) is 0 Å². The number of amides is 1. The summed E-state index contributed by atoms with van der Waals surface area (Å²) in [4.78, 5) is 21.2. The number of halogens is 1. The van der Waals surface area contributed by atoms with Crippen LogP contribution in [0.3, 0.4) is 0 Å². The highest BCUT2D eigenvalue weighted by molar-refractivity contribution is 9.10. The molecule has 3 heterocycles. The molecule has 0 aliphatic rings. The Morgan fingerprint density at radius 1 is 1.26 bits per heavy atom. The molecule has 4 aromatic rings. The number of aromatic nitrogens is 5. The van der Waals surface area contributed by atoms with Gasteiger partial charge in [0, 0.05) is 19.4 Å². The van der Waals surface area contributed by atoms with Crippen LogP contribution in [0.5, 0.6) is 0 Å². The number of hydrogen-bond acceptors (Lipinski definition) is 4. The van der Waals surface area contributed by atoms with Crippen molar-refractivity contribution in [3.63, 3.8) is 0 Å². The Hall–Kier alpha value is -2.74. The third-order valence-corrected chi connectivity index (χ3v) is 4.30. The van der Waals surface area contributed by atoms with Crippen molar-refractivity contribution in [1.82, 2.24) is 24.1 Å². The van der Waals surface area contributed by atoms with E-state index in [1.807, 2.05) is 35.9 Å². The second-order valence-electron chi connectivity index (χ2n) is 4.99. The van der Waals surface area contributed by atoms with Crippen LogP contribution in [0.15, 0.2) is 47.2 Å². The molecule has 0 unspecified atom stereocenters. The third-order valence-electron chi connectivity index (χ3n) is 3.57. The van der Waals surface area contributed by atoms with Crippen molar-refractivity contribution in [3.05, 3.63) is 52.9 Å². The number of para-hydroxylation sites is 2. The number of nitrogens with one attached hydrogen (secondary N) is 1. The molecule has 0 radical (unpaired) electrons. The largest absolute Gasteiger partial charge is 0.313 e. The van der Waals surface area contributed by atoms with Gasteiger partial charge in [-0.15, -0.1) is 0 Å². The molecule has 0 fully saturated rings. The number of nitrogens with zero attached hydrogens (tertiary/aromatic N) is 5. The summed E-state index contributed by atoms with van der Waals surface area (Å²) >= 11 is 3.39. The summed E-state index contributed by atoms with van der Waals surface area (Å²) in [5, 5.41) is 7.05. The lowest BCUT2D eigenvalue weighted by Crippen LogP contribution is -2.16. The molecule has 0 saturated heterocycles. The van der Waals surface area contributed by atoms with Crippen LogP contribution in [0.4, 0.5) is 5.95 Å². The maximum atomic E-state index is 12.5. The number of fused-ring (bicyclic) bond motifs is 2. The molecule has 114 valence electrons. The molecule has 1 amide bonds. The van der Waals surface area contributed by atoms with Gasteiger partial charge in [-0.3, -0.25) is 10.1 Å². The molecule has 0 aliphatic heterocycles. The van der Waals surface area contributed by atoms with Gasteiger partial charge >= 0.3 is 0 Å². The fourth-order valence-corrected chi connectivity index (χ4v) is 2.97. The normalized spacial score (nSPS) is 11.2. The molecular formula is C15H11BrN6O. The Labute approximate surface area is 139 Å². The number of hydrogen-bond donors (Lipinski definition) is 1. The smallest absolute Gasteiger partial charge is 0.279 e. The van der Waals surface area contributed by atoms with Gasteiger partial charge in [0.15, 0.2) is 11.3 Å². The molecule has 1 aromatic carbocycles. The predicted octanol–water partition coefficient (Wildman–Crippen LogP) is 2.63. The van der Waals surface area contributed by atoms with E-state index < -0.39 is 0 Å². The summed E-state index contributed by atoms with van der Waals surface area (Å²) in [6.07, 6.45) is 3.38. The van der Waals surface area contributed by atoms with Crippen LogP contribution < -0.4 is 5.32 Å². The van der Waals surface area contributed by atoms with E-state index >= 15 is 0 Å². The molecule has 0 aliphatic carbocycles. The Morgan fingerprint density at radius 3 is 2.87 bits per heavy atom. The molecule has 0 bridgehead atoms. The summed E-state index contributed by atoms with van der Waals surface area (Å²) in [7, 11) is 1.85. The van der Waals surface area contributed by atoms with Gasteiger partial charge in [-0.25, -0.2) is 14.5 Å². The molecule has 0 atom stereocenters. The van der Waals surface area contributed by atoms with Crippen LogP contribution in [0.2, 0.25) is 0 Å². The summed E-state index contributed by atoms with van der Waals surface area (Å²) in [6.45, 7) is 0. The Morgan fingerprint density at radius 2 is 2.09 bits per heavy atom. The number of carbonyl (C=O) groups is 1. The quantitative estimate of drug-likeness (QED) is 0.588. The van der Waals surface area contributed by atoms with Gasteiger partial charge in [0.1, 0.15) is 0 Å². The van der Waals surface area contributed by atoms with Crippen LogP contribution in [0.25, 0.3) is 16.7 Å². The first kappa shape index (κ1) is 13.9. The molecule has 3 aromatic heterocycles. The lowest BCUT2D eigenvalue weighted by molar-refractivity contribution is 0.102. The molecule has 4 rings (SSSR count). The van der Waals surface area contributed by atoms with Crippen LogP contribution in [0.1, 0.15) is 10.5 Å². The van der Waals surface area contributed by atoms with E-state index in [0.29, 0.717) is 16.1 Å². The minimum Gasteiger partial charge on any atom is -0.313 e. The van der Waals surface area contributed by atoms with E-state index in [-0.39, 0.29) is 11.6 Å². The van der Waals surface area contributed by atoms with Crippen LogP contribution in [-0.2, 0) is 7.05 Å². The Balaban J connectivity index is 1.73. The first-order valence-corrected chi connectivity index (χ1v) is 7.66. The average molecular weight is 371 g/mol. The highest BCUT2D eigenvalue weighted by Crippen LogP contribution is 2.22. The topological polar surface area (TPSA) is 77.1 Å². The van der Waals surface area contributed by atoms with Gasteiger partial charge in [-0.1, -0.05) is 12.1 Å². The highest BCUT2D eigenvalue weighted by Gasteiger charge is 2.20. The molecule has 1 N–H and O–H groups in total. The number of aryl methyl sites for hydroxylation is 1. The fourth-order valence-electron chi connectivity index (χ4n) is 2.42. The Bertz CT molecular complexity index is 1050. The van der Waals surface area contributed by atoms with Crippen LogP contribution in [0, 0.1) is 0 Å². The van der Waals surface area contributed by atoms with Crippen molar-refractivity contribution < 1.29 is 4.79 Å². The van der Waals surface area contributed by atoms with Crippen LogP contribution >= 0.6 is 15.9 Å². The van der Waals surface area contributed by atoms with Gasteiger partial charge in [0.05, 0.1) is 15.5 Å². The van der Waals surface area contributed by atoms with Gasteiger partial charge in [-0.2, -0.15) is 5.10 Å². The van der Waals surface area contributed by atoms with Crippen molar-refractivity contribution in [3.8, 4) is 0 Å². The minimum atomic E-state index is -0.346. The first-order valence-electron chi connectivity index (χ1n) is 6.87. The van der Waals surface area contributed by atoms with Crippen molar-refractivity contribution >= 4 is 44.5 Å². The van der Waals surface area contributed by atoms with Gasteiger partial charge in [-0.05, 0) is 34.1 Å². The van der Waals surface area contributed by atoms with Crippen molar-refractivity contribution in [2.45, 2.75) is 0 Å². The molecule has 0 spiro atoms. The maximum Gasteiger partial charge on any atom is 0.279 e. The monoisotopic (exact) mass is 370 g/mol. The van der Waals surface area contributed by atoms with E-state index in [9.17, 15) is 4.79 Å². The maximum absolute atomic E-state index is 12.5. The predicted molar refractivity (Wildman–Crippen MR) is 89.4 cm³/mol. The van der Waals surface area contributed by atoms with Crippen molar-refractivity contribution in [2.75, 3.05) is 5.32 Å². The van der Waals surface area contributed by atoms with Gasteiger partial charge in [0.25, 0.3) is 5.91 Å². The molecule has 0 saturated carbocycles. The lowest BCUT2D eigenvalue weighted by Gasteiger charge is -2.03. The first-order chi connectivity index (χ1) is 11.1. The zero-order valence-electron chi connectivity index (χ0n) is 12.1. The number of anilines is 1. The fraction of sp³-hybridized carbons (Fsp3) is 0.0667. The molecule has 8 heteroatoms. The summed E-state index contributed by atoms with van der Waals surface area (Å²) in [5.41, 5.74) is 2.61. The van der Waals surface area contributed by atoms with Crippen LogP contribution in [-0.4, -0.2) is 30.1 Å². The third kappa shape index (κ3) is 2.18. The standard InChI is InChI=1S/C15H11BrN6O/c1-21-10-6-3-2-5-9(10)18-15(21)19-14(23)12-11(16)13-17-7-4-8-22(13)20-12/h2-8H,1H3,(H,18,19,23). The second-order valence-corrected chi connectivity index (χ2v) is 5.78. The van der Waals surface area contributed by atoms with Gasteiger partial charge in [0.2, 0.25) is 5.95 Å². The zero-order valence-corrected chi connectivity index (χ0v) is 13.6. The van der Waals surface area contributed by atoms with Crippen molar-refractivity contribution in [1.29, 1.82) is 0 Å². The van der Waals surface area contributed by atoms with E-state index in [0.717, 1.165) is 11.0 Å². The summed E-state index contributed by atoms with van der Waals surface area (Å²) in [5.74, 6) is 0.119. The summed E-state index contributed by atoms with van der Waals surface area (Å²) < 4.78 is 3.93. The Kier molecular flexibility index (Phi) is 3.12. The number of benzene rings is 1. The molecule has 7 nitrogen and oxygen atoms in total. The molecule has 23 heavy (non-hydrogen) atoms. The van der Waals surface area contributed by atoms with E-state index in [4.69, 9.17) is 0 Å². The van der Waals surface area contributed by atoms with E-state index in [2.05, 4.69) is 36.3 Å². The number of rotatable bonds is 2. The lowest BCUT2D eigenvalue weighted by atomic mass is 10.3. The SMILES string of the molecule is Cn1c(NC(=O)c2nn3cccnc3c2Br)nc2ccccc21. The minimum absolute atomic E-state index is 0.260.